The maximum absolute atomic E-state index is 13.1. The number of nitrogens with zero attached hydrogens (tertiary/aromatic N) is 2. The molecule has 0 N–H and O–H groups in total. The number of esters is 1. The monoisotopic (exact) mass is 374 g/mol. The lowest BCUT2D eigenvalue weighted by Gasteiger charge is -2.16. The second-order valence-electron chi connectivity index (χ2n) is 6.58. The van der Waals surface area contributed by atoms with Gasteiger partial charge in [0.25, 0.3) is 5.69 Å². The van der Waals surface area contributed by atoms with Crippen molar-refractivity contribution in [2.24, 2.45) is 0 Å². The number of carbonyl (C=O) groups excluding carboxylic acids is 1. The summed E-state index contributed by atoms with van der Waals surface area (Å²) >= 11 is 0. The van der Waals surface area contributed by atoms with E-state index in [1.54, 1.807) is 12.1 Å². The molecule has 1 aliphatic heterocycles. The average molecular weight is 374 g/mol. The average Bonchev–Trinajstić information content (AvgIpc) is 3.45. The Labute approximate surface area is 162 Å². The molecule has 0 aromatic heterocycles. The van der Waals surface area contributed by atoms with Crippen LogP contribution in [0, 0.1) is 10.1 Å². The van der Waals surface area contributed by atoms with Crippen LogP contribution in [0.4, 0.5) is 11.4 Å². The Bertz CT molecular complexity index is 1010. The third kappa shape index (κ3) is 2.62. The SMILES string of the molecule is COC(=O)[C@@]1(c2ccccc2)[C@H](c2ccc([N+](=O)[O-])cc2)N1c1ccccc1. The number of hydrogen-bond donors (Lipinski definition) is 0. The van der Waals surface area contributed by atoms with E-state index in [1.165, 1.54) is 19.2 Å². The summed E-state index contributed by atoms with van der Waals surface area (Å²) in [6, 6.07) is 25.1. The Balaban J connectivity index is 1.88. The first-order chi connectivity index (χ1) is 13.6. The Morgan fingerprint density at radius 3 is 2.07 bits per heavy atom. The van der Waals surface area contributed by atoms with Gasteiger partial charge in [-0.15, -0.1) is 0 Å². The molecule has 0 radical (unpaired) electrons. The minimum Gasteiger partial charge on any atom is -0.467 e. The van der Waals surface area contributed by atoms with Crippen LogP contribution in [0.3, 0.4) is 0 Å². The summed E-state index contributed by atoms with van der Waals surface area (Å²) in [4.78, 5) is 25.6. The molecule has 0 amide bonds. The minimum absolute atomic E-state index is 0.0130. The maximum Gasteiger partial charge on any atom is 0.339 e. The predicted molar refractivity (Wildman–Crippen MR) is 105 cm³/mol. The van der Waals surface area contributed by atoms with Crippen LogP contribution in [0.1, 0.15) is 17.2 Å². The predicted octanol–water partition coefficient (Wildman–Crippen LogP) is 4.22. The summed E-state index contributed by atoms with van der Waals surface area (Å²) in [5, 5.41) is 11.0. The van der Waals surface area contributed by atoms with E-state index in [2.05, 4.69) is 0 Å². The number of non-ortho nitro benzene ring substituents is 1. The van der Waals surface area contributed by atoms with Gasteiger partial charge in [0.2, 0.25) is 0 Å². The van der Waals surface area contributed by atoms with Crippen molar-refractivity contribution in [1.82, 2.24) is 0 Å². The van der Waals surface area contributed by atoms with E-state index < -0.39 is 10.5 Å². The van der Waals surface area contributed by atoms with Gasteiger partial charge in [0.1, 0.15) is 0 Å². The summed E-state index contributed by atoms with van der Waals surface area (Å²) in [5.41, 5.74) is 1.49. The van der Waals surface area contributed by atoms with Crippen LogP contribution in [0.25, 0.3) is 0 Å². The van der Waals surface area contributed by atoms with Crippen molar-refractivity contribution in [2.75, 3.05) is 12.0 Å². The van der Waals surface area contributed by atoms with Crippen molar-refractivity contribution >= 4 is 17.3 Å². The van der Waals surface area contributed by atoms with Gasteiger partial charge in [-0.1, -0.05) is 60.7 Å². The van der Waals surface area contributed by atoms with E-state index in [-0.39, 0.29) is 17.7 Å². The van der Waals surface area contributed by atoms with Crippen LogP contribution in [-0.2, 0) is 15.1 Å². The van der Waals surface area contributed by atoms with Crippen molar-refractivity contribution in [2.45, 2.75) is 11.6 Å². The van der Waals surface area contributed by atoms with Gasteiger partial charge >= 0.3 is 5.97 Å². The highest BCUT2D eigenvalue weighted by molar-refractivity contribution is 5.96. The third-order valence-corrected chi connectivity index (χ3v) is 5.13. The van der Waals surface area contributed by atoms with Crippen LogP contribution < -0.4 is 4.90 Å². The zero-order chi connectivity index (χ0) is 19.7. The molecule has 3 aromatic carbocycles. The Kier molecular flexibility index (Phi) is 4.31. The van der Waals surface area contributed by atoms with Gasteiger partial charge in [-0.2, -0.15) is 0 Å². The highest BCUT2D eigenvalue weighted by atomic mass is 16.6. The number of nitro groups is 1. The summed E-state index contributed by atoms with van der Waals surface area (Å²) in [6.45, 7) is 0. The third-order valence-electron chi connectivity index (χ3n) is 5.13. The molecule has 3 aromatic rings. The van der Waals surface area contributed by atoms with Crippen molar-refractivity contribution < 1.29 is 14.5 Å². The van der Waals surface area contributed by atoms with E-state index in [4.69, 9.17) is 4.74 Å². The van der Waals surface area contributed by atoms with Gasteiger partial charge in [0.15, 0.2) is 5.54 Å². The summed E-state index contributed by atoms with van der Waals surface area (Å²) in [6.07, 6.45) is 0. The fourth-order valence-electron chi connectivity index (χ4n) is 3.87. The fraction of sp³-hybridized carbons (Fsp3) is 0.136. The van der Waals surface area contributed by atoms with Gasteiger partial charge in [0.05, 0.1) is 18.1 Å². The lowest BCUT2D eigenvalue weighted by atomic mass is 9.91. The van der Waals surface area contributed by atoms with Crippen LogP contribution in [0.15, 0.2) is 84.9 Å². The number of hydrogen-bond acceptors (Lipinski definition) is 5. The topological polar surface area (TPSA) is 72.5 Å². The van der Waals surface area contributed by atoms with Crippen LogP contribution in [-0.4, -0.2) is 18.0 Å². The lowest BCUT2D eigenvalue weighted by molar-refractivity contribution is -0.384. The number of para-hydroxylation sites is 1. The zero-order valence-corrected chi connectivity index (χ0v) is 15.2. The zero-order valence-electron chi connectivity index (χ0n) is 15.2. The summed E-state index contributed by atoms with van der Waals surface area (Å²) < 4.78 is 5.21. The molecule has 140 valence electrons. The number of carbonyl (C=O) groups is 1. The van der Waals surface area contributed by atoms with E-state index in [1.807, 2.05) is 65.6 Å². The molecule has 0 spiro atoms. The highest BCUT2D eigenvalue weighted by Gasteiger charge is 2.70. The Morgan fingerprint density at radius 1 is 0.964 bits per heavy atom. The first-order valence-corrected chi connectivity index (χ1v) is 8.83. The molecule has 28 heavy (non-hydrogen) atoms. The molecule has 1 fully saturated rings. The molecular weight excluding hydrogens is 356 g/mol. The maximum atomic E-state index is 13.1. The van der Waals surface area contributed by atoms with Gasteiger partial charge in [-0.25, -0.2) is 4.79 Å². The first kappa shape index (κ1) is 17.7. The fourth-order valence-corrected chi connectivity index (χ4v) is 3.87. The van der Waals surface area contributed by atoms with Crippen molar-refractivity contribution in [3.8, 4) is 0 Å². The highest BCUT2D eigenvalue weighted by Crippen LogP contribution is 2.62. The van der Waals surface area contributed by atoms with E-state index >= 15 is 0 Å². The largest absolute Gasteiger partial charge is 0.467 e. The standard InChI is InChI=1S/C22H18N2O4/c1-28-21(25)22(17-8-4-2-5-9-17)20(23(22)18-10-6-3-7-11-18)16-12-14-19(15-13-16)24(26)27/h2-15,20H,1H3/t20-,22+,23?/m0/s1. The molecule has 1 aliphatic rings. The normalized spacial score (nSPS) is 20.5. The molecule has 2 atom stereocenters. The molecule has 6 nitrogen and oxygen atoms in total. The van der Waals surface area contributed by atoms with E-state index in [9.17, 15) is 14.9 Å². The van der Waals surface area contributed by atoms with Gasteiger partial charge < -0.3 is 9.64 Å². The van der Waals surface area contributed by atoms with Crippen molar-refractivity contribution in [3.05, 3.63) is 106 Å². The van der Waals surface area contributed by atoms with E-state index in [0.29, 0.717) is 0 Å². The quantitative estimate of drug-likeness (QED) is 0.289. The first-order valence-electron chi connectivity index (χ1n) is 8.83. The molecule has 6 heteroatoms. The number of ether oxygens (including phenoxy) is 1. The van der Waals surface area contributed by atoms with Crippen LogP contribution in [0.2, 0.25) is 0 Å². The smallest absolute Gasteiger partial charge is 0.339 e. The molecular formula is C22H18N2O4. The second-order valence-corrected chi connectivity index (χ2v) is 6.58. The van der Waals surface area contributed by atoms with Gasteiger partial charge in [-0.05, 0) is 23.3 Å². The molecule has 0 bridgehead atoms. The van der Waals surface area contributed by atoms with Crippen LogP contribution >= 0.6 is 0 Å². The van der Waals surface area contributed by atoms with Crippen LogP contribution in [0.5, 0.6) is 0 Å². The lowest BCUT2D eigenvalue weighted by Crippen LogP contribution is -2.29. The van der Waals surface area contributed by atoms with Crippen molar-refractivity contribution in [1.29, 1.82) is 0 Å². The van der Waals surface area contributed by atoms with Gasteiger partial charge in [0, 0.05) is 17.8 Å². The molecule has 1 saturated heterocycles. The molecule has 0 unspecified atom stereocenters. The number of benzene rings is 3. The number of anilines is 1. The molecule has 4 rings (SSSR count). The summed E-state index contributed by atoms with van der Waals surface area (Å²) in [7, 11) is 1.38. The molecule has 1 heterocycles. The van der Waals surface area contributed by atoms with Crippen molar-refractivity contribution in [3.63, 3.8) is 0 Å². The molecule has 0 saturated carbocycles. The Morgan fingerprint density at radius 2 is 1.54 bits per heavy atom. The van der Waals surface area contributed by atoms with Gasteiger partial charge in [-0.3, -0.25) is 10.1 Å². The summed E-state index contributed by atoms with van der Waals surface area (Å²) in [5.74, 6) is -0.370. The molecule has 0 aliphatic carbocycles. The Hall–Kier alpha value is -3.67. The number of methoxy groups -OCH3 is 1. The second kappa shape index (κ2) is 6.81. The number of rotatable bonds is 5. The number of nitro benzene ring substituents is 1. The minimum atomic E-state index is -1.02. The van der Waals surface area contributed by atoms with E-state index in [0.717, 1.165) is 16.8 Å².